The molecule has 0 unspecified atom stereocenters. The van der Waals surface area contributed by atoms with Crippen LogP contribution in [-0.4, -0.2) is 32.1 Å². The molecule has 0 atom stereocenters. The lowest BCUT2D eigenvalue weighted by atomic mass is 9.92. The van der Waals surface area contributed by atoms with Crippen LogP contribution in [0.3, 0.4) is 0 Å². The van der Waals surface area contributed by atoms with Gasteiger partial charge in [-0.25, -0.2) is 4.72 Å². The van der Waals surface area contributed by atoms with Gasteiger partial charge in [-0.05, 0) is 12.8 Å². The zero-order valence-electron chi connectivity index (χ0n) is 9.32. The summed E-state index contributed by atoms with van der Waals surface area (Å²) in [6, 6.07) is 0. The molecule has 0 bridgehead atoms. The molecule has 1 aliphatic rings. The molecule has 1 aliphatic carbocycles. The van der Waals surface area contributed by atoms with Crippen LogP contribution in [0.4, 0.5) is 0 Å². The fourth-order valence-corrected chi connectivity index (χ4v) is 2.91. The molecule has 1 saturated carbocycles. The Kier molecular flexibility index (Phi) is 4.28. The van der Waals surface area contributed by atoms with E-state index in [2.05, 4.69) is 9.44 Å². The van der Waals surface area contributed by atoms with Gasteiger partial charge in [-0.3, -0.25) is 4.79 Å². The molecular formula is C9H18N2O4S. The quantitative estimate of drug-likeness (QED) is 0.622. The molecule has 0 saturated heterocycles. The maximum absolute atomic E-state index is 11.4. The third-order valence-electron chi connectivity index (χ3n) is 2.96. The third-order valence-corrected chi connectivity index (χ3v) is 4.16. The Hall–Kier alpha value is -0.660. The minimum absolute atomic E-state index is 0.350. The van der Waals surface area contributed by atoms with Crippen LogP contribution in [0.25, 0.3) is 0 Å². The van der Waals surface area contributed by atoms with Crippen LogP contribution in [-0.2, 0) is 15.0 Å². The van der Waals surface area contributed by atoms with E-state index in [9.17, 15) is 18.3 Å². The Labute approximate surface area is 95.6 Å². The summed E-state index contributed by atoms with van der Waals surface area (Å²) in [5.41, 5.74) is -1.33. The highest BCUT2D eigenvalue weighted by atomic mass is 32.2. The van der Waals surface area contributed by atoms with Crippen molar-refractivity contribution in [2.24, 2.45) is 0 Å². The van der Waals surface area contributed by atoms with Crippen LogP contribution in [0.5, 0.6) is 0 Å². The first-order chi connectivity index (χ1) is 7.42. The molecule has 0 aliphatic heterocycles. The largest absolute Gasteiger partial charge is 0.480 e. The lowest BCUT2D eigenvalue weighted by Crippen LogP contribution is -2.56. The molecule has 1 rings (SSSR count). The molecule has 3 N–H and O–H groups in total. The molecule has 0 heterocycles. The number of carbonyl (C=O) groups is 1. The van der Waals surface area contributed by atoms with E-state index in [4.69, 9.17) is 0 Å². The maximum Gasteiger partial charge on any atom is 0.324 e. The predicted molar refractivity (Wildman–Crippen MR) is 59.2 cm³/mol. The van der Waals surface area contributed by atoms with Crippen molar-refractivity contribution >= 4 is 16.2 Å². The van der Waals surface area contributed by atoms with Crippen LogP contribution >= 0.6 is 0 Å². The van der Waals surface area contributed by atoms with E-state index in [1.165, 1.54) is 7.05 Å². The molecule has 7 heteroatoms. The van der Waals surface area contributed by atoms with Crippen LogP contribution in [0.15, 0.2) is 0 Å². The first-order valence-corrected chi connectivity index (χ1v) is 6.86. The summed E-state index contributed by atoms with van der Waals surface area (Å²) in [6.07, 6.45) is 4.08. The highest BCUT2D eigenvalue weighted by Crippen LogP contribution is 2.27. The summed E-state index contributed by atoms with van der Waals surface area (Å²) < 4.78 is 27.2. The van der Waals surface area contributed by atoms with Crippen molar-refractivity contribution in [3.8, 4) is 0 Å². The fraction of sp³-hybridized carbons (Fsp3) is 0.889. The second-order valence-electron chi connectivity index (χ2n) is 4.11. The van der Waals surface area contributed by atoms with Gasteiger partial charge in [0.2, 0.25) is 0 Å². The molecule has 0 aromatic carbocycles. The van der Waals surface area contributed by atoms with Crippen molar-refractivity contribution in [3.63, 3.8) is 0 Å². The number of carboxylic acid groups (broad SMARTS) is 1. The Balaban J connectivity index is 2.91. The second kappa shape index (κ2) is 5.11. The van der Waals surface area contributed by atoms with E-state index in [1.54, 1.807) is 0 Å². The molecule has 6 nitrogen and oxygen atoms in total. The van der Waals surface area contributed by atoms with Crippen LogP contribution in [0.2, 0.25) is 0 Å². The lowest BCUT2D eigenvalue weighted by Gasteiger charge is -2.28. The van der Waals surface area contributed by atoms with Gasteiger partial charge >= 0.3 is 5.97 Å². The minimum atomic E-state index is -3.72. The SMILES string of the molecule is CNS(=O)(=O)NC1(C(=O)O)CCCCCC1. The molecule has 94 valence electrons. The van der Waals surface area contributed by atoms with Crippen LogP contribution in [0.1, 0.15) is 38.5 Å². The van der Waals surface area contributed by atoms with E-state index in [-0.39, 0.29) is 0 Å². The van der Waals surface area contributed by atoms with Gasteiger partial charge in [0.05, 0.1) is 0 Å². The van der Waals surface area contributed by atoms with Crippen molar-refractivity contribution in [2.75, 3.05) is 7.05 Å². The molecule has 16 heavy (non-hydrogen) atoms. The van der Waals surface area contributed by atoms with Gasteiger partial charge < -0.3 is 5.11 Å². The Morgan fingerprint density at radius 2 is 1.69 bits per heavy atom. The van der Waals surface area contributed by atoms with Gasteiger partial charge in [0.25, 0.3) is 10.2 Å². The third kappa shape index (κ3) is 3.16. The maximum atomic E-state index is 11.4. The summed E-state index contributed by atoms with van der Waals surface area (Å²) in [7, 11) is -2.46. The molecule has 1 fully saturated rings. The van der Waals surface area contributed by atoms with Gasteiger partial charge in [0.1, 0.15) is 5.54 Å². The Morgan fingerprint density at radius 1 is 1.19 bits per heavy atom. The molecule has 0 spiro atoms. The number of hydrogen-bond donors (Lipinski definition) is 3. The first kappa shape index (κ1) is 13.4. The predicted octanol–water partition coefficient (Wildman–Crippen LogP) is 0.218. The van der Waals surface area contributed by atoms with Crippen molar-refractivity contribution < 1.29 is 18.3 Å². The summed E-state index contributed by atoms with van der Waals surface area (Å²) in [5.74, 6) is -1.09. The minimum Gasteiger partial charge on any atom is -0.480 e. The standard InChI is InChI=1S/C9H18N2O4S/c1-10-16(14,15)11-9(8(12)13)6-4-2-3-5-7-9/h10-11H,2-7H2,1H3,(H,12,13). The highest BCUT2D eigenvalue weighted by Gasteiger charge is 2.41. The van der Waals surface area contributed by atoms with E-state index < -0.39 is 21.7 Å². The monoisotopic (exact) mass is 250 g/mol. The van der Waals surface area contributed by atoms with E-state index >= 15 is 0 Å². The van der Waals surface area contributed by atoms with Crippen LogP contribution in [0, 0.1) is 0 Å². The summed E-state index contributed by atoms with van der Waals surface area (Å²) in [6.45, 7) is 0. The van der Waals surface area contributed by atoms with Gasteiger partial charge in [-0.2, -0.15) is 13.1 Å². The average molecular weight is 250 g/mol. The van der Waals surface area contributed by atoms with Gasteiger partial charge in [-0.15, -0.1) is 0 Å². The number of nitrogens with one attached hydrogen (secondary N) is 2. The first-order valence-electron chi connectivity index (χ1n) is 5.38. The fourth-order valence-electron chi connectivity index (χ4n) is 2.00. The molecule has 0 amide bonds. The summed E-state index contributed by atoms with van der Waals surface area (Å²) in [5, 5.41) is 9.22. The van der Waals surface area contributed by atoms with E-state index in [1.807, 2.05) is 0 Å². The van der Waals surface area contributed by atoms with E-state index in [0.717, 1.165) is 25.7 Å². The van der Waals surface area contributed by atoms with Crippen molar-refractivity contribution in [1.29, 1.82) is 0 Å². The van der Waals surface area contributed by atoms with Crippen molar-refractivity contribution in [3.05, 3.63) is 0 Å². The normalized spacial score (nSPS) is 21.3. The zero-order valence-corrected chi connectivity index (χ0v) is 10.1. The van der Waals surface area contributed by atoms with Gasteiger partial charge in [-0.1, -0.05) is 25.7 Å². The van der Waals surface area contributed by atoms with Gasteiger partial charge in [0.15, 0.2) is 0 Å². The second-order valence-corrected chi connectivity index (χ2v) is 5.73. The average Bonchev–Trinajstić information content (AvgIpc) is 2.44. The number of carboxylic acids is 1. The topological polar surface area (TPSA) is 95.5 Å². The molecular weight excluding hydrogens is 232 g/mol. The zero-order chi connectivity index (χ0) is 12.2. The molecule has 0 aromatic heterocycles. The molecule has 0 aromatic rings. The Morgan fingerprint density at radius 3 is 2.06 bits per heavy atom. The van der Waals surface area contributed by atoms with Crippen molar-refractivity contribution in [1.82, 2.24) is 9.44 Å². The van der Waals surface area contributed by atoms with Crippen LogP contribution < -0.4 is 9.44 Å². The number of rotatable bonds is 4. The molecule has 0 radical (unpaired) electrons. The summed E-state index contributed by atoms with van der Waals surface area (Å²) >= 11 is 0. The lowest BCUT2D eigenvalue weighted by molar-refractivity contribution is -0.144. The number of aliphatic carboxylic acids is 1. The Bertz CT molecular complexity index is 345. The number of hydrogen-bond acceptors (Lipinski definition) is 3. The van der Waals surface area contributed by atoms with Gasteiger partial charge in [0, 0.05) is 7.05 Å². The van der Waals surface area contributed by atoms with Crippen molar-refractivity contribution in [2.45, 2.75) is 44.1 Å². The summed E-state index contributed by atoms with van der Waals surface area (Å²) in [4.78, 5) is 11.3. The smallest absolute Gasteiger partial charge is 0.324 e. The van der Waals surface area contributed by atoms with E-state index in [0.29, 0.717) is 12.8 Å². The highest BCUT2D eigenvalue weighted by molar-refractivity contribution is 7.87.